The Balaban J connectivity index is 0.00000266. The lowest BCUT2D eigenvalue weighted by atomic mass is 9.95. The second-order valence-corrected chi connectivity index (χ2v) is 12.0. The molecule has 1 aliphatic rings. The molecule has 5 aromatic rings. The molecule has 1 heterocycles. The minimum Gasteiger partial charge on any atom is -0.457 e. The molecule has 0 unspecified atom stereocenters. The number of allylic oxidation sites excluding steroid dienone is 14. The Kier molecular flexibility index (Phi) is 14.4. The Labute approximate surface area is 316 Å². The fourth-order valence-corrected chi connectivity index (χ4v) is 5.83. The van der Waals surface area contributed by atoms with Crippen molar-refractivity contribution in [3.63, 3.8) is 0 Å². The molecule has 0 aromatic heterocycles. The van der Waals surface area contributed by atoms with Crippen molar-refractivity contribution >= 4 is 17.2 Å². The van der Waals surface area contributed by atoms with Crippen molar-refractivity contribution in [2.45, 2.75) is 20.3 Å². The van der Waals surface area contributed by atoms with E-state index in [1.807, 2.05) is 68.5 Å². The summed E-state index contributed by atoms with van der Waals surface area (Å²) in [6.45, 7) is 8.12. The van der Waals surface area contributed by atoms with Gasteiger partial charge < -0.3 is 10.5 Å². The topological polar surface area (TPSA) is 35.2 Å². The molecule has 2 heteroatoms. The molecule has 0 saturated heterocycles. The zero-order chi connectivity index (χ0) is 37.1. The largest absolute Gasteiger partial charge is 0.457 e. The highest BCUT2D eigenvalue weighted by Gasteiger charge is 2.14. The predicted molar refractivity (Wildman–Crippen MR) is 230 cm³/mol. The summed E-state index contributed by atoms with van der Waals surface area (Å²) in [5, 5.41) is 0. The third-order valence-electron chi connectivity index (χ3n) is 8.44. The molecule has 2 N–H and O–H groups in total. The molecule has 262 valence electrons. The number of nitrogens with two attached hydrogens (primary N) is 1. The average molecular weight is 690 g/mol. The summed E-state index contributed by atoms with van der Waals surface area (Å²) in [5.74, 6) is 1.45. The molecular formula is C51H47NO. The standard InChI is InChI=1S/C49H41NO.C2H6/c1-38-17-6-2-13-24-45-25-15-29-48(49(45)51-38)47-27-14-26-46(37-47)43(33-30-39-31-34-44(35-32-39)41-20-9-4-10-21-41)23-12-5-11-22-42(28-16-36-50)40-18-7-3-8-19-40;1-2/h2-23,25-37H,1,24,50H2;1-2H3/b12-5+,13-2-,17-6-,22-11-,33-30-,36-16+,42-28+,43-23+;. The fourth-order valence-electron chi connectivity index (χ4n) is 5.83. The molecule has 0 fully saturated rings. The summed E-state index contributed by atoms with van der Waals surface area (Å²) >= 11 is 0. The van der Waals surface area contributed by atoms with Crippen LogP contribution in [0.1, 0.15) is 36.1 Å². The molecule has 2 nitrogen and oxygen atoms in total. The number of rotatable bonds is 10. The van der Waals surface area contributed by atoms with E-state index in [4.69, 9.17) is 10.5 Å². The van der Waals surface area contributed by atoms with Gasteiger partial charge >= 0.3 is 0 Å². The Morgan fingerprint density at radius 2 is 1.28 bits per heavy atom. The maximum absolute atomic E-state index is 6.33. The molecule has 0 aliphatic carbocycles. The van der Waals surface area contributed by atoms with Crippen LogP contribution in [-0.2, 0) is 6.42 Å². The van der Waals surface area contributed by atoms with E-state index in [2.05, 4.69) is 158 Å². The fraction of sp³-hybridized carbons (Fsp3) is 0.0588. The van der Waals surface area contributed by atoms with E-state index in [1.54, 1.807) is 6.20 Å². The van der Waals surface area contributed by atoms with Gasteiger partial charge in [-0.3, -0.25) is 0 Å². The second-order valence-electron chi connectivity index (χ2n) is 12.0. The van der Waals surface area contributed by atoms with Gasteiger partial charge in [0.15, 0.2) is 0 Å². The van der Waals surface area contributed by atoms with Crippen molar-refractivity contribution in [2.75, 3.05) is 0 Å². The maximum Gasteiger partial charge on any atom is 0.138 e. The average Bonchev–Trinajstić information content (AvgIpc) is 3.31. The van der Waals surface area contributed by atoms with Gasteiger partial charge in [0, 0.05) is 5.56 Å². The minimum absolute atomic E-state index is 0.607. The summed E-state index contributed by atoms with van der Waals surface area (Å²) in [5.41, 5.74) is 16.8. The van der Waals surface area contributed by atoms with Crippen molar-refractivity contribution < 1.29 is 4.74 Å². The monoisotopic (exact) mass is 689 g/mol. The number of ether oxygens (including phenoxy) is 1. The van der Waals surface area contributed by atoms with Crippen molar-refractivity contribution in [3.05, 3.63) is 241 Å². The minimum atomic E-state index is 0.607. The first-order valence-electron chi connectivity index (χ1n) is 18.1. The van der Waals surface area contributed by atoms with E-state index in [0.29, 0.717) is 5.76 Å². The highest BCUT2D eigenvalue weighted by Crippen LogP contribution is 2.37. The lowest BCUT2D eigenvalue weighted by molar-refractivity contribution is 0.444. The third kappa shape index (κ3) is 10.9. The summed E-state index contributed by atoms with van der Waals surface area (Å²) in [6.07, 6.45) is 29.0. The van der Waals surface area contributed by atoms with Gasteiger partial charge in [-0.2, -0.15) is 0 Å². The van der Waals surface area contributed by atoms with Gasteiger partial charge in [0.2, 0.25) is 0 Å². The highest BCUT2D eigenvalue weighted by molar-refractivity contribution is 5.84. The first kappa shape index (κ1) is 37.6. The molecule has 53 heavy (non-hydrogen) atoms. The zero-order valence-corrected chi connectivity index (χ0v) is 30.6. The molecule has 0 bridgehead atoms. The van der Waals surface area contributed by atoms with Crippen LogP contribution in [0.5, 0.6) is 5.75 Å². The Hall–Kier alpha value is -6.64. The van der Waals surface area contributed by atoms with Crippen LogP contribution in [0.2, 0.25) is 0 Å². The van der Waals surface area contributed by atoms with Gasteiger partial charge in [-0.15, -0.1) is 0 Å². The van der Waals surface area contributed by atoms with Crippen molar-refractivity contribution in [3.8, 4) is 28.0 Å². The van der Waals surface area contributed by atoms with E-state index < -0.39 is 0 Å². The van der Waals surface area contributed by atoms with Crippen LogP contribution in [0.3, 0.4) is 0 Å². The molecule has 0 radical (unpaired) electrons. The van der Waals surface area contributed by atoms with Gasteiger partial charge in [-0.1, -0.05) is 209 Å². The number of benzene rings is 5. The molecule has 1 aliphatic heterocycles. The van der Waals surface area contributed by atoms with Gasteiger partial charge in [-0.25, -0.2) is 0 Å². The predicted octanol–water partition coefficient (Wildman–Crippen LogP) is 13.4. The summed E-state index contributed by atoms with van der Waals surface area (Å²) in [6, 6.07) is 44.4. The van der Waals surface area contributed by atoms with Crippen molar-refractivity contribution in [1.82, 2.24) is 0 Å². The molecule has 0 atom stereocenters. The molecule has 0 saturated carbocycles. The summed E-state index contributed by atoms with van der Waals surface area (Å²) < 4.78 is 6.33. The van der Waals surface area contributed by atoms with Gasteiger partial charge in [0.1, 0.15) is 11.5 Å². The SMILES string of the molecule is C=C1/C=C\C=C/Cc2cccc(-c3cccc(C(/C=C\c4ccc(-c5ccccc5)cc4)=C/C=C/C=C\C(=C/C=C/N)c4ccccc4)c3)c2O1.CC. The Bertz CT molecular complexity index is 2190. The normalized spacial score (nSPS) is 14.6. The first-order valence-corrected chi connectivity index (χ1v) is 18.1. The summed E-state index contributed by atoms with van der Waals surface area (Å²) in [4.78, 5) is 0. The van der Waals surface area contributed by atoms with Crippen LogP contribution in [0.4, 0.5) is 0 Å². The third-order valence-corrected chi connectivity index (χ3v) is 8.44. The number of hydrogen-bond donors (Lipinski definition) is 1. The van der Waals surface area contributed by atoms with Gasteiger partial charge in [0.05, 0.1) is 0 Å². The lowest BCUT2D eigenvalue weighted by Crippen LogP contribution is -1.97. The van der Waals surface area contributed by atoms with Crippen LogP contribution in [0.25, 0.3) is 39.5 Å². The smallest absolute Gasteiger partial charge is 0.138 e. The quantitative estimate of drug-likeness (QED) is 0.148. The highest BCUT2D eigenvalue weighted by atomic mass is 16.5. The molecule has 5 aromatic carbocycles. The molecule has 6 rings (SSSR count). The molecule has 0 spiro atoms. The van der Waals surface area contributed by atoms with Crippen LogP contribution < -0.4 is 10.5 Å². The van der Waals surface area contributed by atoms with Gasteiger partial charge in [0.25, 0.3) is 0 Å². The maximum atomic E-state index is 6.33. The van der Waals surface area contributed by atoms with Gasteiger partial charge in [-0.05, 0) is 80.9 Å². The van der Waals surface area contributed by atoms with Crippen LogP contribution in [0, 0.1) is 0 Å². The zero-order valence-electron chi connectivity index (χ0n) is 30.6. The summed E-state index contributed by atoms with van der Waals surface area (Å²) in [7, 11) is 0. The van der Waals surface area contributed by atoms with E-state index in [1.165, 1.54) is 11.1 Å². The van der Waals surface area contributed by atoms with E-state index >= 15 is 0 Å². The van der Waals surface area contributed by atoms with Crippen molar-refractivity contribution in [1.29, 1.82) is 0 Å². The van der Waals surface area contributed by atoms with E-state index in [-0.39, 0.29) is 0 Å². The number of hydrogen-bond acceptors (Lipinski definition) is 2. The Morgan fingerprint density at radius 1 is 0.623 bits per heavy atom. The van der Waals surface area contributed by atoms with Crippen LogP contribution in [0.15, 0.2) is 219 Å². The van der Waals surface area contributed by atoms with E-state index in [9.17, 15) is 0 Å². The first-order chi connectivity index (χ1) is 26.2. The van der Waals surface area contributed by atoms with E-state index in [0.717, 1.165) is 56.7 Å². The molecule has 0 amide bonds. The molecular weight excluding hydrogens is 643 g/mol. The second kappa shape index (κ2) is 20.3. The van der Waals surface area contributed by atoms with Crippen LogP contribution >= 0.6 is 0 Å². The number of para-hydroxylation sites is 1. The van der Waals surface area contributed by atoms with Crippen LogP contribution in [-0.4, -0.2) is 0 Å². The number of fused-ring (bicyclic) bond motifs is 1. The Morgan fingerprint density at radius 3 is 2.06 bits per heavy atom. The van der Waals surface area contributed by atoms with Crippen molar-refractivity contribution in [2.24, 2.45) is 5.73 Å². The lowest BCUT2D eigenvalue weighted by Gasteiger charge is -2.16.